The first-order valence-electron chi connectivity index (χ1n) is 11.7. The van der Waals surface area contributed by atoms with Crippen molar-refractivity contribution in [3.8, 4) is 27.9 Å². The number of nitrogens with one attached hydrogen (secondary N) is 3. The van der Waals surface area contributed by atoms with E-state index in [0.29, 0.717) is 11.8 Å². The van der Waals surface area contributed by atoms with Crippen LogP contribution < -0.4 is 26.4 Å². The van der Waals surface area contributed by atoms with Crippen molar-refractivity contribution in [3.63, 3.8) is 0 Å². The largest absolute Gasteiger partial charge is 0.497 e. The summed E-state index contributed by atoms with van der Waals surface area (Å²) >= 11 is 0.933. The van der Waals surface area contributed by atoms with E-state index < -0.39 is 29.0 Å². The standard InChI is InChI=1S/C25H25F2N7O5S/c1-25(2,11-35)10-29-23(37)33-24-31-19(28)18(40-24)22-32-20(34-39-22)14-8-17(16(27)9-15(14)26)30-21(36)12-5-4-6-13(7-12)38-3/h4-9,35H,10-11,28H2,1-3H3,(H,30,36)(H2,29,31,33,37). The van der Waals surface area contributed by atoms with Crippen LogP contribution in [-0.4, -0.2) is 52.4 Å². The van der Waals surface area contributed by atoms with Gasteiger partial charge in [-0.25, -0.2) is 18.6 Å². The molecule has 2 aromatic heterocycles. The molecule has 2 aromatic carbocycles. The summed E-state index contributed by atoms with van der Waals surface area (Å²) in [5.74, 6) is -2.61. The Balaban J connectivity index is 1.52. The number of urea groups is 1. The molecule has 0 bridgehead atoms. The second-order valence-electron chi connectivity index (χ2n) is 9.28. The van der Waals surface area contributed by atoms with Gasteiger partial charge in [0.25, 0.3) is 11.8 Å². The highest BCUT2D eigenvalue weighted by Gasteiger charge is 2.23. The number of amides is 3. The van der Waals surface area contributed by atoms with E-state index in [1.807, 2.05) is 0 Å². The van der Waals surface area contributed by atoms with E-state index in [1.54, 1.807) is 26.0 Å². The Bertz CT molecular complexity index is 1560. The van der Waals surface area contributed by atoms with E-state index in [2.05, 4.69) is 31.1 Å². The highest BCUT2D eigenvalue weighted by atomic mass is 32.1. The number of benzene rings is 2. The second kappa shape index (κ2) is 11.6. The Morgan fingerprint density at radius 2 is 1.93 bits per heavy atom. The number of nitrogens with two attached hydrogens (primary N) is 1. The molecule has 4 aromatic rings. The number of anilines is 3. The van der Waals surface area contributed by atoms with E-state index in [0.717, 1.165) is 17.4 Å². The molecule has 0 radical (unpaired) electrons. The molecule has 0 unspecified atom stereocenters. The number of hydrogen-bond acceptors (Lipinski definition) is 10. The normalized spacial score (nSPS) is 11.2. The molecule has 0 aliphatic rings. The van der Waals surface area contributed by atoms with Crippen LogP contribution in [0, 0.1) is 17.0 Å². The van der Waals surface area contributed by atoms with Gasteiger partial charge in [0.2, 0.25) is 5.82 Å². The van der Waals surface area contributed by atoms with Crippen molar-refractivity contribution in [2.75, 3.05) is 36.6 Å². The van der Waals surface area contributed by atoms with Gasteiger partial charge in [-0.05, 0) is 24.3 Å². The zero-order valence-corrected chi connectivity index (χ0v) is 22.4. The lowest BCUT2D eigenvalue weighted by atomic mass is 9.95. The SMILES string of the molecule is COc1cccc(C(=O)Nc2cc(-c3noc(-c4sc(NC(=O)NCC(C)(C)CO)nc4N)n3)c(F)cc2F)c1. The van der Waals surface area contributed by atoms with E-state index in [4.69, 9.17) is 15.0 Å². The number of rotatable bonds is 9. The van der Waals surface area contributed by atoms with Crippen LogP contribution in [0.5, 0.6) is 5.75 Å². The summed E-state index contributed by atoms with van der Waals surface area (Å²) in [6.45, 7) is 3.65. The highest BCUT2D eigenvalue weighted by Crippen LogP contribution is 2.36. The third-order valence-electron chi connectivity index (χ3n) is 5.53. The third-order valence-corrected chi connectivity index (χ3v) is 6.50. The van der Waals surface area contributed by atoms with Crippen molar-refractivity contribution in [1.82, 2.24) is 20.4 Å². The van der Waals surface area contributed by atoms with Gasteiger partial charge >= 0.3 is 6.03 Å². The van der Waals surface area contributed by atoms with E-state index in [1.165, 1.54) is 19.2 Å². The van der Waals surface area contributed by atoms with E-state index in [9.17, 15) is 23.5 Å². The molecular weight excluding hydrogens is 548 g/mol. The average Bonchev–Trinajstić information content (AvgIpc) is 3.55. The molecule has 0 fully saturated rings. The smallest absolute Gasteiger partial charge is 0.321 e. The van der Waals surface area contributed by atoms with Crippen LogP contribution in [0.3, 0.4) is 0 Å². The summed E-state index contributed by atoms with van der Waals surface area (Å²) in [6.07, 6.45) is 0. The number of aromatic nitrogens is 3. The van der Waals surface area contributed by atoms with Crippen molar-refractivity contribution in [1.29, 1.82) is 0 Å². The minimum absolute atomic E-state index is 0.0305. The molecule has 2 heterocycles. The Morgan fingerprint density at radius 3 is 2.65 bits per heavy atom. The van der Waals surface area contributed by atoms with Crippen molar-refractivity contribution in [3.05, 3.63) is 53.6 Å². The van der Waals surface area contributed by atoms with Gasteiger partial charge in [0.1, 0.15) is 28.1 Å². The van der Waals surface area contributed by atoms with Crippen LogP contribution in [0.4, 0.5) is 30.2 Å². The van der Waals surface area contributed by atoms with Crippen molar-refractivity contribution in [2.24, 2.45) is 5.41 Å². The number of halogens is 2. The third kappa shape index (κ3) is 6.50. The van der Waals surface area contributed by atoms with Crippen molar-refractivity contribution >= 4 is 39.9 Å². The number of aliphatic hydroxyl groups is 1. The van der Waals surface area contributed by atoms with Gasteiger partial charge in [-0.1, -0.05) is 36.4 Å². The van der Waals surface area contributed by atoms with Crippen LogP contribution in [0.15, 0.2) is 40.9 Å². The molecule has 4 rings (SSSR count). The molecule has 12 nitrogen and oxygen atoms in total. The molecule has 3 amide bonds. The fraction of sp³-hybridized carbons (Fsp3) is 0.240. The zero-order chi connectivity index (χ0) is 29.0. The summed E-state index contributed by atoms with van der Waals surface area (Å²) in [6, 6.07) is 7.27. The van der Waals surface area contributed by atoms with Crippen molar-refractivity contribution in [2.45, 2.75) is 13.8 Å². The molecule has 0 aliphatic carbocycles. The molecule has 0 saturated heterocycles. The molecule has 0 saturated carbocycles. The predicted octanol–water partition coefficient (Wildman–Crippen LogP) is 4.12. The number of nitrogens with zero attached hydrogens (tertiary/aromatic N) is 3. The van der Waals surface area contributed by atoms with E-state index in [-0.39, 0.29) is 57.5 Å². The van der Waals surface area contributed by atoms with Crippen LogP contribution in [0.25, 0.3) is 22.2 Å². The number of thiazole rings is 1. The van der Waals surface area contributed by atoms with Gasteiger partial charge in [0, 0.05) is 30.2 Å². The molecule has 0 atom stereocenters. The van der Waals surface area contributed by atoms with Crippen LogP contribution in [-0.2, 0) is 0 Å². The fourth-order valence-electron chi connectivity index (χ4n) is 3.26. The van der Waals surface area contributed by atoms with Crippen LogP contribution in [0.2, 0.25) is 0 Å². The van der Waals surface area contributed by atoms with Gasteiger partial charge < -0.3 is 30.7 Å². The molecule has 210 valence electrons. The number of ether oxygens (including phenoxy) is 1. The lowest BCUT2D eigenvalue weighted by Gasteiger charge is -2.21. The van der Waals surface area contributed by atoms with Crippen LogP contribution in [0.1, 0.15) is 24.2 Å². The number of carbonyl (C=O) groups is 2. The number of nitrogen functional groups attached to an aromatic ring is 1. The summed E-state index contributed by atoms with van der Waals surface area (Å²) < 4.78 is 39.5. The zero-order valence-electron chi connectivity index (χ0n) is 21.5. The first kappa shape index (κ1) is 28.4. The highest BCUT2D eigenvalue weighted by molar-refractivity contribution is 7.19. The van der Waals surface area contributed by atoms with Gasteiger partial charge in [-0.15, -0.1) is 0 Å². The first-order valence-corrected chi connectivity index (χ1v) is 12.5. The molecule has 40 heavy (non-hydrogen) atoms. The molecule has 15 heteroatoms. The average molecular weight is 574 g/mol. The maximum Gasteiger partial charge on any atom is 0.321 e. The molecule has 0 aliphatic heterocycles. The summed E-state index contributed by atoms with van der Waals surface area (Å²) in [7, 11) is 1.44. The van der Waals surface area contributed by atoms with Crippen LogP contribution >= 0.6 is 11.3 Å². The first-order chi connectivity index (χ1) is 19.0. The number of methoxy groups -OCH3 is 1. The number of hydrogen-bond donors (Lipinski definition) is 5. The minimum atomic E-state index is -1.01. The number of aliphatic hydroxyl groups excluding tert-OH is 1. The lowest BCUT2D eigenvalue weighted by molar-refractivity contribution is 0.102. The van der Waals surface area contributed by atoms with Gasteiger partial charge in [-0.2, -0.15) is 4.98 Å². The maximum atomic E-state index is 14.7. The fourth-order valence-corrected chi connectivity index (χ4v) is 4.06. The summed E-state index contributed by atoms with van der Waals surface area (Å²) in [5, 5.41) is 20.7. The Morgan fingerprint density at radius 1 is 1.15 bits per heavy atom. The van der Waals surface area contributed by atoms with Gasteiger partial charge in [-0.3, -0.25) is 10.1 Å². The Hall–Kier alpha value is -4.63. The lowest BCUT2D eigenvalue weighted by Crippen LogP contribution is -2.38. The predicted molar refractivity (Wildman–Crippen MR) is 144 cm³/mol. The van der Waals surface area contributed by atoms with Gasteiger partial charge in [0.15, 0.2) is 5.13 Å². The van der Waals surface area contributed by atoms with Crippen molar-refractivity contribution < 1.29 is 32.7 Å². The van der Waals surface area contributed by atoms with E-state index >= 15 is 0 Å². The molecule has 6 N–H and O–H groups in total. The topological polar surface area (TPSA) is 178 Å². The summed E-state index contributed by atoms with van der Waals surface area (Å²) in [5.41, 5.74) is 5.08. The maximum absolute atomic E-state index is 14.7. The number of carbonyl (C=O) groups excluding carboxylic acids is 2. The second-order valence-corrected chi connectivity index (χ2v) is 10.3. The Labute approximate surface area is 230 Å². The molecule has 0 spiro atoms. The quantitative estimate of drug-likeness (QED) is 0.197. The minimum Gasteiger partial charge on any atom is -0.497 e. The monoisotopic (exact) mass is 573 g/mol. The van der Waals surface area contributed by atoms with Gasteiger partial charge in [0.05, 0.1) is 18.4 Å². The molecular formula is C25H25F2N7O5S. The Kier molecular flexibility index (Phi) is 8.25. The summed E-state index contributed by atoms with van der Waals surface area (Å²) in [4.78, 5) is 33.2.